The summed E-state index contributed by atoms with van der Waals surface area (Å²) in [7, 11) is 0. The van der Waals surface area contributed by atoms with E-state index in [0.29, 0.717) is 12.3 Å². The number of nitrogens with zero attached hydrogens (tertiary/aromatic N) is 1. The van der Waals surface area contributed by atoms with Gasteiger partial charge in [0.2, 0.25) is 5.91 Å². The SMILES string of the molecule is CCCC(CC)c1cnc2c(c1)CCC(=O)N2. The Morgan fingerprint density at radius 1 is 1.41 bits per heavy atom. The zero-order valence-corrected chi connectivity index (χ0v) is 10.6. The molecular weight excluding hydrogens is 212 g/mol. The number of rotatable bonds is 4. The van der Waals surface area contributed by atoms with Crippen molar-refractivity contribution in [3.8, 4) is 0 Å². The van der Waals surface area contributed by atoms with Gasteiger partial charge in [0.1, 0.15) is 5.82 Å². The molecule has 2 rings (SSSR count). The molecule has 0 radical (unpaired) electrons. The molecule has 1 aromatic rings. The van der Waals surface area contributed by atoms with Crippen LogP contribution in [0.1, 0.15) is 56.6 Å². The minimum atomic E-state index is 0.0818. The first-order valence-electron chi connectivity index (χ1n) is 6.53. The van der Waals surface area contributed by atoms with E-state index in [0.717, 1.165) is 18.7 Å². The molecule has 92 valence electrons. The van der Waals surface area contributed by atoms with Crippen molar-refractivity contribution in [2.24, 2.45) is 0 Å². The standard InChI is InChI=1S/C14H20N2O/c1-3-5-10(4-2)12-8-11-6-7-13(17)16-14(11)15-9-12/h8-10H,3-7H2,1-2H3,(H,15,16,17). The lowest BCUT2D eigenvalue weighted by atomic mass is 9.91. The van der Waals surface area contributed by atoms with Gasteiger partial charge >= 0.3 is 0 Å². The van der Waals surface area contributed by atoms with Crippen molar-refractivity contribution in [1.29, 1.82) is 0 Å². The maximum absolute atomic E-state index is 11.3. The van der Waals surface area contributed by atoms with E-state index >= 15 is 0 Å². The van der Waals surface area contributed by atoms with Gasteiger partial charge in [-0.25, -0.2) is 4.98 Å². The van der Waals surface area contributed by atoms with Crippen molar-refractivity contribution in [2.45, 2.75) is 51.9 Å². The topological polar surface area (TPSA) is 42.0 Å². The molecule has 0 bridgehead atoms. The van der Waals surface area contributed by atoms with E-state index in [4.69, 9.17) is 0 Å². The lowest BCUT2D eigenvalue weighted by Gasteiger charge is -2.19. The van der Waals surface area contributed by atoms with Gasteiger partial charge in [-0.1, -0.05) is 26.3 Å². The molecule has 3 heteroatoms. The molecule has 0 saturated heterocycles. The fourth-order valence-electron chi connectivity index (χ4n) is 2.45. The largest absolute Gasteiger partial charge is 0.310 e. The lowest BCUT2D eigenvalue weighted by molar-refractivity contribution is -0.116. The summed E-state index contributed by atoms with van der Waals surface area (Å²) in [6, 6.07) is 2.23. The molecule has 1 aromatic heterocycles. The second kappa shape index (κ2) is 5.30. The van der Waals surface area contributed by atoms with Crippen LogP contribution in [0.2, 0.25) is 0 Å². The first-order valence-corrected chi connectivity index (χ1v) is 6.53. The highest BCUT2D eigenvalue weighted by atomic mass is 16.1. The van der Waals surface area contributed by atoms with E-state index in [-0.39, 0.29) is 5.91 Å². The average molecular weight is 232 g/mol. The van der Waals surface area contributed by atoms with Gasteiger partial charge in [0.05, 0.1) is 0 Å². The number of fused-ring (bicyclic) bond motifs is 1. The number of carbonyl (C=O) groups excluding carboxylic acids is 1. The number of hydrogen-bond donors (Lipinski definition) is 1. The molecule has 17 heavy (non-hydrogen) atoms. The number of nitrogens with one attached hydrogen (secondary N) is 1. The Hall–Kier alpha value is -1.38. The molecule has 0 aliphatic carbocycles. The van der Waals surface area contributed by atoms with Gasteiger partial charge < -0.3 is 5.32 Å². The van der Waals surface area contributed by atoms with Gasteiger partial charge in [0, 0.05) is 12.6 Å². The summed E-state index contributed by atoms with van der Waals surface area (Å²) in [5.41, 5.74) is 2.51. The molecule has 1 unspecified atom stereocenters. The number of aryl methyl sites for hydroxylation is 1. The Labute approximate surface area is 103 Å². The Balaban J connectivity index is 2.23. The third kappa shape index (κ3) is 2.65. The van der Waals surface area contributed by atoms with E-state index < -0.39 is 0 Å². The summed E-state index contributed by atoms with van der Waals surface area (Å²) >= 11 is 0. The predicted molar refractivity (Wildman–Crippen MR) is 69.1 cm³/mol. The van der Waals surface area contributed by atoms with Crippen LogP contribution in [-0.2, 0) is 11.2 Å². The third-order valence-corrected chi connectivity index (χ3v) is 3.47. The van der Waals surface area contributed by atoms with E-state index in [2.05, 4.69) is 30.2 Å². The molecule has 0 saturated carbocycles. The molecule has 2 heterocycles. The van der Waals surface area contributed by atoms with Crippen LogP contribution in [0.4, 0.5) is 5.82 Å². The monoisotopic (exact) mass is 232 g/mol. The van der Waals surface area contributed by atoms with Crippen molar-refractivity contribution in [1.82, 2.24) is 4.98 Å². The third-order valence-electron chi connectivity index (χ3n) is 3.47. The average Bonchev–Trinajstić information content (AvgIpc) is 2.35. The highest BCUT2D eigenvalue weighted by Crippen LogP contribution is 2.28. The van der Waals surface area contributed by atoms with Crippen molar-refractivity contribution >= 4 is 11.7 Å². The van der Waals surface area contributed by atoms with Gasteiger partial charge in [-0.2, -0.15) is 0 Å². The highest BCUT2D eigenvalue weighted by Gasteiger charge is 2.18. The summed E-state index contributed by atoms with van der Waals surface area (Å²) in [4.78, 5) is 15.6. The summed E-state index contributed by atoms with van der Waals surface area (Å²) in [5.74, 6) is 1.45. The molecule has 1 N–H and O–H groups in total. The van der Waals surface area contributed by atoms with Crippen LogP contribution in [0.5, 0.6) is 0 Å². The number of amides is 1. The second-order valence-electron chi connectivity index (χ2n) is 4.72. The minimum Gasteiger partial charge on any atom is -0.310 e. The predicted octanol–water partition coefficient (Wildman–Crippen LogP) is 3.26. The Kier molecular flexibility index (Phi) is 3.77. The molecular formula is C14H20N2O. The van der Waals surface area contributed by atoms with Crippen LogP contribution in [0.15, 0.2) is 12.3 Å². The quantitative estimate of drug-likeness (QED) is 0.865. The maximum atomic E-state index is 11.3. The highest BCUT2D eigenvalue weighted by molar-refractivity contribution is 5.92. The van der Waals surface area contributed by atoms with Crippen LogP contribution in [0.3, 0.4) is 0 Å². The molecule has 1 aliphatic rings. The maximum Gasteiger partial charge on any atom is 0.225 e. The van der Waals surface area contributed by atoms with Gasteiger partial charge in [-0.3, -0.25) is 4.79 Å². The molecule has 0 aromatic carbocycles. The molecule has 1 atom stereocenters. The fourth-order valence-corrected chi connectivity index (χ4v) is 2.45. The van der Waals surface area contributed by atoms with Crippen LogP contribution >= 0.6 is 0 Å². The van der Waals surface area contributed by atoms with Crippen LogP contribution < -0.4 is 5.32 Å². The number of aromatic nitrogens is 1. The van der Waals surface area contributed by atoms with Crippen molar-refractivity contribution < 1.29 is 4.79 Å². The molecule has 0 spiro atoms. The normalized spacial score (nSPS) is 16.2. The smallest absolute Gasteiger partial charge is 0.225 e. The molecule has 1 aliphatic heterocycles. The number of pyridine rings is 1. The van der Waals surface area contributed by atoms with Crippen molar-refractivity contribution in [3.63, 3.8) is 0 Å². The summed E-state index contributed by atoms with van der Waals surface area (Å²) in [5, 5.41) is 2.83. The Morgan fingerprint density at radius 2 is 2.24 bits per heavy atom. The van der Waals surface area contributed by atoms with Crippen LogP contribution in [0.25, 0.3) is 0 Å². The number of hydrogen-bond acceptors (Lipinski definition) is 2. The first-order chi connectivity index (χ1) is 8.24. The molecule has 3 nitrogen and oxygen atoms in total. The van der Waals surface area contributed by atoms with Crippen LogP contribution in [-0.4, -0.2) is 10.9 Å². The first kappa shape index (κ1) is 12.1. The zero-order chi connectivity index (χ0) is 12.3. The lowest BCUT2D eigenvalue weighted by Crippen LogP contribution is -2.20. The van der Waals surface area contributed by atoms with Gasteiger partial charge in [-0.15, -0.1) is 0 Å². The summed E-state index contributed by atoms with van der Waals surface area (Å²) in [6.07, 6.45) is 6.90. The Bertz CT molecular complexity index is 415. The molecule has 1 amide bonds. The van der Waals surface area contributed by atoms with E-state index in [1.807, 2.05) is 6.20 Å². The van der Waals surface area contributed by atoms with Crippen molar-refractivity contribution in [3.05, 3.63) is 23.4 Å². The Morgan fingerprint density at radius 3 is 2.94 bits per heavy atom. The van der Waals surface area contributed by atoms with Gasteiger partial charge in [-0.05, 0) is 36.3 Å². The number of anilines is 1. The van der Waals surface area contributed by atoms with Crippen LogP contribution in [0, 0.1) is 0 Å². The fraction of sp³-hybridized carbons (Fsp3) is 0.571. The number of carbonyl (C=O) groups is 1. The minimum absolute atomic E-state index is 0.0818. The van der Waals surface area contributed by atoms with Crippen molar-refractivity contribution in [2.75, 3.05) is 5.32 Å². The zero-order valence-electron chi connectivity index (χ0n) is 10.6. The van der Waals surface area contributed by atoms with E-state index in [1.165, 1.54) is 24.0 Å². The van der Waals surface area contributed by atoms with E-state index in [9.17, 15) is 4.79 Å². The molecule has 0 fully saturated rings. The summed E-state index contributed by atoms with van der Waals surface area (Å²) in [6.45, 7) is 4.44. The van der Waals surface area contributed by atoms with Gasteiger partial charge in [0.25, 0.3) is 0 Å². The van der Waals surface area contributed by atoms with Gasteiger partial charge in [0.15, 0.2) is 0 Å². The van der Waals surface area contributed by atoms with E-state index in [1.54, 1.807) is 0 Å². The summed E-state index contributed by atoms with van der Waals surface area (Å²) < 4.78 is 0. The second-order valence-corrected chi connectivity index (χ2v) is 4.72.